The normalized spacial score (nSPS) is 8.82. The topological polar surface area (TPSA) is 61.8 Å². The molecule has 56 valence electrons. The Bertz CT molecular complexity index is 303. The number of hydrogen-bond donors (Lipinski definition) is 2. The minimum Gasteiger partial charge on any atom is -0.323 e. The van der Waals surface area contributed by atoms with E-state index in [0.29, 0.717) is 11.3 Å². The number of hydrogen-bond acceptors (Lipinski definition) is 3. The van der Waals surface area contributed by atoms with Gasteiger partial charge >= 0.3 is 0 Å². The molecule has 0 atom stereocenters. The number of rotatable bonds is 1. The lowest BCUT2D eigenvalue weighted by atomic mass is 10.2. The van der Waals surface area contributed by atoms with Crippen LogP contribution in [-0.4, -0.2) is 0 Å². The van der Waals surface area contributed by atoms with Gasteiger partial charge in [-0.2, -0.15) is 5.26 Å². The maximum Gasteiger partial charge on any atom is 0.101 e. The van der Waals surface area contributed by atoms with Gasteiger partial charge in [-0.05, 0) is 18.2 Å². The van der Waals surface area contributed by atoms with Gasteiger partial charge in [-0.25, -0.2) is 0 Å². The van der Waals surface area contributed by atoms with Crippen molar-refractivity contribution in [3.8, 4) is 6.07 Å². The summed E-state index contributed by atoms with van der Waals surface area (Å²) < 4.78 is 0.869. The zero-order chi connectivity index (χ0) is 8.27. The highest BCUT2D eigenvalue weighted by Gasteiger charge is 1.98. The summed E-state index contributed by atoms with van der Waals surface area (Å²) in [6, 6.07) is 7.27. The van der Waals surface area contributed by atoms with Crippen molar-refractivity contribution in [2.24, 2.45) is 5.84 Å². The zero-order valence-corrected chi connectivity index (χ0v) is 7.22. The summed E-state index contributed by atoms with van der Waals surface area (Å²) >= 11 is 3.25. The minimum absolute atomic E-state index is 0.530. The van der Waals surface area contributed by atoms with Crippen LogP contribution in [0.4, 0.5) is 5.69 Å². The van der Waals surface area contributed by atoms with E-state index in [0.717, 1.165) is 4.47 Å². The van der Waals surface area contributed by atoms with Gasteiger partial charge in [0.1, 0.15) is 6.07 Å². The number of nitriles is 1. The number of anilines is 1. The van der Waals surface area contributed by atoms with Gasteiger partial charge in [0.2, 0.25) is 0 Å². The second kappa shape index (κ2) is 3.37. The van der Waals surface area contributed by atoms with Crippen molar-refractivity contribution in [1.29, 1.82) is 5.26 Å². The van der Waals surface area contributed by atoms with Crippen LogP contribution in [0, 0.1) is 11.3 Å². The van der Waals surface area contributed by atoms with Gasteiger partial charge in [0.15, 0.2) is 0 Å². The Morgan fingerprint density at radius 2 is 2.27 bits per heavy atom. The van der Waals surface area contributed by atoms with Crippen molar-refractivity contribution in [2.75, 3.05) is 5.43 Å². The van der Waals surface area contributed by atoms with Gasteiger partial charge in [0, 0.05) is 4.47 Å². The molecule has 4 heteroatoms. The van der Waals surface area contributed by atoms with Crippen LogP contribution in [0.2, 0.25) is 0 Å². The predicted octanol–water partition coefficient (Wildman–Crippen LogP) is 1.61. The zero-order valence-electron chi connectivity index (χ0n) is 5.63. The molecule has 0 aliphatic rings. The van der Waals surface area contributed by atoms with Crippen molar-refractivity contribution in [3.63, 3.8) is 0 Å². The number of nitrogens with one attached hydrogen (secondary N) is 1. The first-order valence-corrected chi connectivity index (χ1v) is 3.73. The van der Waals surface area contributed by atoms with Crippen molar-refractivity contribution >= 4 is 21.6 Å². The minimum atomic E-state index is 0.530. The van der Waals surface area contributed by atoms with E-state index in [-0.39, 0.29) is 0 Å². The highest BCUT2D eigenvalue weighted by molar-refractivity contribution is 9.10. The molecule has 0 aliphatic carbocycles. The maximum atomic E-state index is 8.61. The summed E-state index contributed by atoms with van der Waals surface area (Å²) in [5, 5.41) is 8.61. The molecule has 0 spiro atoms. The van der Waals surface area contributed by atoms with E-state index in [4.69, 9.17) is 11.1 Å². The second-order valence-corrected chi connectivity index (χ2v) is 2.86. The van der Waals surface area contributed by atoms with Gasteiger partial charge in [-0.3, -0.25) is 5.84 Å². The predicted molar refractivity (Wildman–Crippen MR) is 46.7 cm³/mol. The molecule has 0 fully saturated rings. The monoisotopic (exact) mass is 211 g/mol. The van der Waals surface area contributed by atoms with Gasteiger partial charge in [0.05, 0.1) is 11.3 Å². The molecule has 0 saturated carbocycles. The molecule has 0 unspecified atom stereocenters. The van der Waals surface area contributed by atoms with Crippen molar-refractivity contribution in [2.45, 2.75) is 0 Å². The largest absolute Gasteiger partial charge is 0.323 e. The average molecular weight is 212 g/mol. The Kier molecular flexibility index (Phi) is 2.47. The van der Waals surface area contributed by atoms with Gasteiger partial charge in [0.25, 0.3) is 0 Å². The first kappa shape index (κ1) is 8.05. The first-order valence-electron chi connectivity index (χ1n) is 2.94. The summed E-state index contributed by atoms with van der Waals surface area (Å²) in [7, 11) is 0. The molecule has 0 bridgehead atoms. The summed E-state index contributed by atoms with van der Waals surface area (Å²) in [4.78, 5) is 0. The smallest absolute Gasteiger partial charge is 0.101 e. The Hall–Kier alpha value is -1.05. The van der Waals surface area contributed by atoms with Gasteiger partial charge in [-0.15, -0.1) is 0 Å². The Morgan fingerprint density at radius 1 is 1.55 bits per heavy atom. The number of nitrogen functional groups attached to an aromatic ring is 1. The molecule has 1 aromatic carbocycles. The molecule has 1 aromatic rings. The van der Waals surface area contributed by atoms with Crippen LogP contribution in [-0.2, 0) is 0 Å². The molecule has 0 aliphatic heterocycles. The highest BCUT2D eigenvalue weighted by Crippen LogP contribution is 2.18. The van der Waals surface area contributed by atoms with Crippen LogP contribution in [0.25, 0.3) is 0 Å². The van der Waals surface area contributed by atoms with E-state index in [2.05, 4.69) is 21.4 Å². The fraction of sp³-hybridized carbons (Fsp3) is 0. The van der Waals surface area contributed by atoms with E-state index in [9.17, 15) is 0 Å². The van der Waals surface area contributed by atoms with Gasteiger partial charge < -0.3 is 5.43 Å². The third-order valence-electron chi connectivity index (χ3n) is 1.26. The van der Waals surface area contributed by atoms with Crippen LogP contribution >= 0.6 is 15.9 Å². The maximum absolute atomic E-state index is 8.61. The second-order valence-electron chi connectivity index (χ2n) is 1.95. The molecule has 0 aromatic heterocycles. The molecule has 0 saturated heterocycles. The number of halogens is 1. The molecular formula is C7H6BrN3. The van der Waals surface area contributed by atoms with Crippen molar-refractivity contribution in [3.05, 3.63) is 28.2 Å². The molecule has 1 rings (SSSR count). The van der Waals surface area contributed by atoms with E-state index in [1.165, 1.54) is 0 Å². The Morgan fingerprint density at radius 3 is 2.82 bits per heavy atom. The summed E-state index contributed by atoms with van der Waals surface area (Å²) in [5.41, 5.74) is 3.59. The van der Waals surface area contributed by atoms with Crippen molar-refractivity contribution < 1.29 is 0 Å². The third kappa shape index (κ3) is 1.70. The lowest BCUT2D eigenvalue weighted by Gasteiger charge is -2.01. The third-order valence-corrected chi connectivity index (χ3v) is 1.75. The fourth-order valence-electron chi connectivity index (χ4n) is 0.735. The van der Waals surface area contributed by atoms with Crippen molar-refractivity contribution in [1.82, 2.24) is 0 Å². The summed E-state index contributed by atoms with van der Waals surface area (Å²) in [6.07, 6.45) is 0. The Labute approximate surface area is 72.9 Å². The summed E-state index contributed by atoms with van der Waals surface area (Å²) in [5.74, 6) is 5.16. The quantitative estimate of drug-likeness (QED) is 0.549. The highest BCUT2D eigenvalue weighted by atomic mass is 79.9. The van der Waals surface area contributed by atoms with E-state index < -0.39 is 0 Å². The molecule has 3 N–H and O–H groups in total. The molecule has 0 radical (unpaired) electrons. The molecular weight excluding hydrogens is 206 g/mol. The molecule has 0 heterocycles. The standard InChI is InChI=1S/C7H6BrN3/c8-6-1-2-7(11-10)5(3-6)4-9/h1-3,11H,10H2. The van der Waals surface area contributed by atoms with Crippen LogP contribution in [0.5, 0.6) is 0 Å². The number of nitrogens with zero attached hydrogens (tertiary/aromatic N) is 1. The number of benzene rings is 1. The SMILES string of the molecule is N#Cc1cc(Br)ccc1NN. The van der Waals surface area contributed by atoms with Crippen LogP contribution < -0.4 is 11.3 Å². The number of nitrogens with two attached hydrogens (primary N) is 1. The summed E-state index contributed by atoms with van der Waals surface area (Å²) in [6.45, 7) is 0. The van der Waals surface area contributed by atoms with Crippen LogP contribution in [0.15, 0.2) is 22.7 Å². The number of hydrazine groups is 1. The molecule has 3 nitrogen and oxygen atoms in total. The average Bonchev–Trinajstić information content (AvgIpc) is 2.04. The molecule has 0 amide bonds. The van der Waals surface area contributed by atoms with E-state index >= 15 is 0 Å². The lowest BCUT2D eigenvalue weighted by molar-refractivity contribution is 1.33. The van der Waals surface area contributed by atoms with Crippen LogP contribution in [0.3, 0.4) is 0 Å². The van der Waals surface area contributed by atoms with E-state index in [1.807, 2.05) is 12.1 Å². The molecule has 11 heavy (non-hydrogen) atoms. The van der Waals surface area contributed by atoms with E-state index in [1.54, 1.807) is 12.1 Å². The lowest BCUT2D eigenvalue weighted by Crippen LogP contribution is -2.07. The first-order chi connectivity index (χ1) is 5.27. The van der Waals surface area contributed by atoms with Crippen LogP contribution in [0.1, 0.15) is 5.56 Å². The van der Waals surface area contributed by atoms with Gasteiger partial charge in [-0.1, -0.05) is 15.9 Å². The fourth-order valence-corrected chi connectivity index (χ4v) is 1.10. The Balaban J connectivity index is 3.19.